The predicted molar refractivity (Wildman–Crippen MR) is 119 cm³/mol. The number of piperidine rings is 1. The number of anilines is 1. The van der Waals surface area contributed by atoms with Crippen LogP contribution in [0.5, 0.6) is 0 Å². The third-order valence-corrected chi connectivity index (χ3v) is 7.80. The van der Waals surface area contributed by atoms with E-state index in [0.717, 1.165) is 12.3 Å². The normalized spacial score (nSPS) is 24.0. The third kappa shape index (κ3) is 4.83. The molecule has 0 saturated carbocycles. The van der Waals surface area contributed by atoms with Crippen LogP contribution in [-0.2, 0) is 9.84 Å². The lowest BCUT2D eigenvalue weighted by Crippen LogP contribution is -2.47. The average Bonchev–Trinajstić information content (AvgIpc) is 3.42. The van der Waals surface area contributed by atoms with Crippen LogP contribution < -0.4 is 4.90 Å². The number of hydrogen-bond acceptors (Lipinski definition) is 7. The molecule has 1 N–H and O–H groups in total. The summed E-state index contributed by atoms with van der Waals surface area (Å²) in [6.45, 7) is 5.53. The van der Waals surface area contributed by atoms with Gasteiger partial charge in [0.15, 0.2) is 9.84 Å². The van der Waals surface area contributed by atoms with Crippen molar-refractivity contribution in [3.05, 3.63) is 35.8 Å². The fraction of sp³-hybridized carbons (Fsp3) is 0.591. The second kappa shape index (κ2) is 8.92. The molecular formula is C22H29FN4O5S. The van der Waals surface area contributed by atoms with Crippen LogP contribution in [0.25, 0.3) is 0 Å². The molecule has 4 rings (SSSR count). The van der Waals surface area contributed by atoms with Gasteiger partial charge >= 0.3 is 6.09 Å². The maximum Gasteiger partial charge on any atom is 0.407 e. The molecule has 1 amide bonds. The molecule has 11 heteroatoms. The first-order chi connectivity index (χ1) is 15.5. The Morgan fingerprint density at radius 2 is 1.85 bits per heavy atom. The summed E-state index contributed by atoms with van der Waals surface area (Å²) in [7, 11) is -3.47. The molecule has 180 valence electrons. The number of rotatable bonds is 5. The molecule has 3 unspecified atom stereocenters. The Labute approximate surface area is 192 Å². The maximum atomic E-state index is 14.6. The van der Waals surface area contributed by atoms with Crippen molar-refractivity contribution in [2.75, 3.05) is 30.8 Å². The smallest absolute Gasteiger partial charge is 0.407 e. The topological polar surface area (TPSA) is 117 Å². The minimum Gasteiger partial charge on any atom is -0.465 e. The lowest BCUT2D eigenvalue weighted by Gasteiger charge is -2.38. The number of carbonyl (C=O) groups is 1. The zero-order chi connectivity index (χ0) is 23.9. The van der Waals surface area contributed by atoms with Crippen molar-refractivity contribution < 1.29 is 27.1 Å². The SMILES string of the molecule is CC(C)C1CC(c2nnc(C3CCN(c4ccc(S(C)(=O)=O)cc4F)C3)o2)CCN1C(=O)O. The van der Waals surface area contributed by atoms with Gasteiger partial charge < -0.3 is 19.3 Å². The van der Waals surface area contributed by atoms with Crippen LogP contribution in [0.15, 0.2) is 27.5 Å². The van der Waals surface area contributed by atoms with Crippen LogP contribution in [0.4, 0.5) is 14.9 Å². The molecular weight excluding hydrogens is 451 g/mol. The zero-order valence-electron chi connectivity index (χ0n) is 18.9. The van der Waals surface area contributed by atoms with Crippen LogP contribution in [0.1, 0.15) is 56.7 Å². The number of sulfone groups is 1. The monoisotopic (exact) mass is 480 g/mol. The average molecular weight is 481 g/mol. The van der Waals surface area contributed by atoms with Gasteiger partial charge in [0.1, 0.15) is 5.82 Å². The minimum atomic E-state index is -3.47. The summed E-state index contributed by atoms with van der Waals surface area (Å²) < 4.78 is 43.9. The first-order valence-electron chi connectivity index (χ1n) is 11.1. The van der Waals surface area contributed by atoms with Crippen molar-refractivity contribution in [1.29, 1.82) is 0 Å². The molecule has 1 aromatic carbocycles. The summed E-state index contributed by atoms with van der Waals surface area (Å²) in [5, 5.41) is 18.0. The Hall–Kier alpha value is -2.69. The third-order valence-electron chi connectivity index (χ3n) is 6.69. The van der Waals surface area contributed by atoms with Crippen molar-refractivity contribution in [1.82, 2.24) is 15.1 Å². The molecule has 2 aliphatic heterocycles. The van der Waals surface area contributed by atoms with Gasteiger partial charge in [0, 0.05) is 37.8 Å². The van der Waals surface area contributed by atoms with E-state index >= 15 is 0 Å². The van der Waals surface area contributed by atoms with Gasteiger partial charge in [-0.2, -0.15) is 0 Å². The summed E-state index contributed by atoms with van der Waals surface area (Å²) in [5.74, 6) is 0.589. The van der Waals surface area contributed by atoms with Gasteiger partial charge in [0.2, 0.25) is 11.8 Å². The first kappa shape index (κ1) is 23.5. The molecule has 0 bridgehead atoms. The first-order valence-corrected chi connectivity index (χ1v) is 13.0. The highest BCUT2D eigenvalue weighted by molar-refractivity contribution is 7.90. The van der Waals surface area contributed by atoms with Crippen LogP contribution >= 0.6 is 0 Å². The fourth-order valence-corrected chi connectivity index (χ4v) is 5.46. The van der Waals surface area contributed by atoms with Gasteiger partial charge in [-0.05, 0) is 43.4 Å². The number of amides is 1. The Bertz CT molecular complexity index is 1140. The molecule has 0 aliphatic carbocycles. The lowest BCUT2D eigenvalue weighted by atomic mass is 9.85. The fourth-order valence-electron chi connectivity index (χ4n) is 4.82. The Morgan fingerprint density at radius 1 is 1.18 bits per heavy atom. The van der Waals surface area contributed by atoms with Crippen molar-refractivity contribution >= 4 is 21.6 Å². The van der Waals surface area contributed by atoms with Crippen LogP contribution in [-0.4, -0.2) is 66.6 Å². The van der Waals surface area contributed by atoms with Gasteiger partial charge in [-0.25, -0.2) is 17.6 Å². The van der Waals surface area contributed by atoms with Crippen LogP contribution in [0.3, 0.4) is 0 Å². The lowest BCUT2D eigenvalue weighted by molar-refractivity contribution is 0.0789. The van der Waals surface area contributed by atoms with Crippen molar-refractivity contribution in [3.8, 4) is 0 Å². The highest BCUT2D eigenvalue weighted by Crippen LogP contribution is 2.36. The predicted octanol–water partition coefficient (Wildman–Crippen LogP) is 3.49. The molecule has 1 aromatic heterocycles. The van der Waals surface area contributed by atoms with E-state index in [1.165, 1.54) is 17.0 Å². The number of aromatic nitrogens is 2. The Balaban J connectivity index is 1.44. The Kier molecular flexibility index (Phi) is 6.35. The van der Waals surface area contributed by atoms with E-state index in [0.29, 0.717) is 56.4 Å². The van der Waals surface area contributed by atoms with E-state index in [9.17, 15) is 22.7 Å². The summed E-state index contributed by atoms with van der Waals surface area (Å²) in [4.78, 5) is 14.9. The zero-order valence-corrected chi connectivity index (χ0v) is 19.8. The van der Waals surface area contributed by atoms with Crippen molar-refractivity contribution in [3.63, 3.8) is 0 Å². The van der Waals surface area contributed by atoms with Crippen molar-refractivity contribution in [2.24, 2.45) is 5.92 Å². The van der Waals surface area contributed by atoms with Gasteiger partial charge in [0.25, 0.3) is 0 Å². The number of nitrogens with zero attached hydrogens (tertiary/aromatic N) is 4. The van der Waals surface area contributed by atoms with Gasteiger partial charge in [-0.3, -0.25) is 0 Å². The second-order valence-corrected chi connectivity index (χ2v) is 11.3. The van der Waals surface area contributed by atoms with E-state index < -0.39 is 21.7 Å². The largest absolute Gasteiger partial charge is 0.465 e. The number of likely N-dealkylation sites (tertiary alicyclic amines) is 1. The molecule has 2 fully saturated rings. The van der Waals surface area contributed by atoms with Gasteiger partial charge in [-0.1, -0.05) is 13.8 Å². The summed E-state index contributed by atoms with van der Waals surface area (Å²) in [6, 6.07) is 3.87. The molecule has 2 aliphatic rings. The van der Waals surface area contributed by atoms with E-state index in [-0.39, 0.29) is 28.7 Å². The number of halogens is 1. The summed E-state index contributed by atoms with van der Waals surface area (Å²) >= 11 is 0. The van der Waals surface area contributed by atoms with E-state index in [1.54, 1.807) is 0 Å². The Morgan fingerprint density at radius 3 is 2.45 bits per heavy atom. The molecule has 3 heterocycles. The molecule has 2 aromatic rings. The highest BCUT2D eigenvalue weighted by atomic mass is 32.2. The van der Waals surface area contributed by atoms with Crippen LogP contribution in [0, 0.1) is 11.7 Å². The molecule has 33 heavy (non-hydrogen) atoms. The molecule has 2 saturated heterocycles. The minimum absolute atomic E-state index is 0.00716. The van der Waals surface area contributed by atoms with Gasteiger partial charge in [0.05, 0.1) is 16.5 Å². The quantitative estimate of drug-likeness (QED) is 0.691. The van der Waals surface area contributed by atoms with Gasteiger partial charge in [-0.15, -0.1) is 10.2 Å². The summed E-state index contributed by atoms with van der Waals surface area (Å²) in [6.07, 6.45) is 2.13. The second-order valence-electron chi connectivity index (χ2n) is 9.30. The van der Waals surface area contributed by atoms with E-state index in [4.69, 9.17) is 4.42 Å². The summed E-state index contributed by atoms with van der Waals surface area (Å²) in [5.41, 5.74) is 0.352. The van der Waals surface area contributed by atoms with Crippen molar-refractivity contribution in [2.45, 2.75) is 55.9 Å². The van der Waals surface area contributed by atoms with E-state index in [2.05, 4.69) is 10.2 Å². The molecule has 0 spiro atoms. The standard InChI is InChI=1S/C22H29FN4O5S/c1-13(2)19-10-14(7-9-27(19)22(28)29)20-24-25-21(32-20)15-6-8-26(12-15)18-5-4-16(11-17(18)23)33(3,30)31/h4-5,11,13-15,19H,6-10,12H2,1-3H3,(H,28,29). The maximum absolute atomic E-state index is 14.6. The van der Waals surface area contributed by atoms with Crippen LogP contribution in [0.2, 0.25) is 0 Å². The van der Waals surface area contributed by atoms with E-state index in [1.807, 2.05) is 18.7 Å². The molecule has 0 radical (unpaired) electrons. The molecule has 3 atom stereocenters. The number of hydrogen-bond donors (Lipinski definition) is 1. The highest BCUT2D eigenvalue weighted by Gasteiger charge is 2.37. The number of carboxylic acid groups (broad SMARTS) is 1. The number of benzene rings is 1. The molecule has 9 nitrogen and oxygen atoms in total.